The van der Waals surface area contributed by atoms with Crippen molar-refractivity contribution in [3.63, 3.8) is 0 Å². The van der Waals surface area contributed by atoms with Crippen molar-refractivity contribution in [2.45, 2.75) is 25.5 Å². The van der Waals surface area contributed by atoms with Gasteiger partial charge in [-0.05, 0) is 13.8 Å². The summed E-state index contributed by atoms with van der Waals surface area (Å²) in [7, 11) is 1.38. The van der Waals surface area contributed by atoms with Crippen molar-refractivity contribution in [3.8, 4) is 0 Å². The van der Waals surface area contributed by atoms with Gasteiger partial charge in [0.15, 0.2) is 0 Å². The molecule has 0 bridgehead atoms. The van der Waals surface area contributed by atoms with E-state index in [2.05, 4.69) is 10.1 Å². The number of carbonyl (C=O) groups is 1. The predicted octanol–water partition coefficient (Wildman–Crippen LogP) is 0.348. The summed E-state index contributed by atoms with van der Waals surface area (Å²) in [5, 5.41) is 3.06. The zero-order valence-corrected chi connectivity index (χ0v) is 8.94. The lowest BCUT2D eigenvalue weighted by Gasteiger charge is -2.37. The Morgan fingerprint density at radius 3 is 2.69 bits per heavy atom. The fourth-order valence-electron chi connectivity index (χ4n) is 1.33. The highest BCUT2D eigenvalue weighted by molar-refractivity contribution is 5.85. The van der Waals surface area contributed by atoms with E-state index in [0.717, 1.165) is 0 Å². The van der Waals surface area contributed by atoms with E-state index in [1.807, 2.05) is 13.8 Å². The van der Waals surface area contributed by atoms with Gasteiger partial charge in [-0.1, -0.05) is 0 Å². The van der Waals surface area contributed by atoms with Crippen molar-refractivity contribution < 1.29 is 14.3 Å². The summed E-state index contributed by atoms with van der Waals surface area (Å²) in [4.78, 5) is 11.2. The first-order valence-corrected chi connectivity index (χ1v) is 4.03. The van der Waals surface area contributed by atoms with Crippen LogP contribution in [0.15, 0.2) is 0 Å². The Bertz CT molecular complexity index is 184. The van der Waals surface area contributed by atoms with E-state index < -0.39 is 5.60 Å². The molecule has 13 heavy (non-hydrogen) atoms. The van der Waals surface area contributed by atoms with Crippen molar-refractivity contribution in [2.75, 3.05) is 20.3 Å². The van der Waals surface area contributed by atoms with Crippen molar-refractivity contribution in [1.29, 1.82) is 0 Å². The van der Waals surface area contributed by atoms with Crippen molar-refractivity contribution in [3.05, 3.63) is 0 Å². The Morgan fingerprint density at radius 2 is 2.23 bits per heavy atom. The number of nitrogens with one attached hydrogen (secondary N) is 1. The summed E-state index contributed by atoms with van der Waals surface area (Å²) in [6.45, 7) is 5.09. The molecule has 1 rings (SSSR count). The van der Waals surface area contributed by atoms with E-state index in [1.54, 1.807) is 0 Å². The van der Waals surface area contributed by atoms with Crippen LogP contribution in [0.5, 0.6) is 0 Å². The molecule has 0 spiro atoms. The molecule has 0 saturated carbocycles. The highest BCUT2D eigenvalue weighted by Gasteiger charge is 2.39. The maximum atomic E-state index is 11.2. The normalized spacial score (nSPS) is 25.9. The topological polar surface area (TPSA) is 47.6 Å². The predicted molar refractivity (Wildman–Crippen MR) is 51.1 cm³/mol. The van der Waals surface area contributed by atoms with E-state index in [1.165, 1.54) is 7.11 Å². The minimum absolute atomic E-state index is 0. The third-order valence-electron chi connectivity index (χ3n) is 2.06. The van der Waals surface area contributed by atoms with Gasteiger partial charge < -0.3 is 9.47 Å². The van der Waals surface area contributed by atoms with Gasteiger partial charge in [-0.15, -0.1) is 12.4 Å². The molecule has 1 saturated heterocycles. The molecule has 5 heteroatoms. The molecular weight excluding hydrogens is 194 g/mol. The number of carbonyl (C=O) groups excluding carboxylic acids is 1. The molecule has 0 aliphatic carbocycles. The van der Waals surface area contributed by atoms with Gasteiger partial charge in [-0.25, -0.2) is 0 Å². The van der Waals surface area contributed by atoms with Crippen LogP contribution in [-0.2, 0) is 14.3 Å². The second-order valence-corrected chi connectivity index (χ2v) is 3.36. The summed E-state index contributed by atoms with van der Waals surface area (Å²) in [6, 6.07) is -0.351. The Morgan fingerprint density at radius 1 is 1.62 bits per heavy atom. The molecule has 0 radical (unpaired) electrons. The highest BCUT2D eigenvalue weighted by atomic mass is 35.5. The minimum atomic E-state index is -0.467. The molecule has 1 aliphatic rings. The SMILES string of the molecule is COC(=O)[C@@H]1NCCOC1(C)C.Cl. The summed E-state index contributed by atoms with van der Waals surface area (Å²) >= 11 is 0. The third kappa shape index (κ3) is 2.83. The molecule has 78 valence electrons. The molecule has 1 heterocycles. The van der Waals surface area contributed by atoms with Crippen LogP contribution in [0.25, 0.3) is 0 Å². The Labute approximate surface area is 84.4 Å². The maximum absolute atomic E-state index is 11.2. The van der Waals surface area contributed by atoms with Crippen LogP contribution >= 0.6 is 12.4 Å². The Hall–Kier alpha value is -0.320. The van der Waals surface area contributed by atoms with E-state index >= 15 is 0 Å². The first kappa shape index (κ1) is 12.7. The van der Waals surface area contributed by atoms with Crippen LogP contribution < -0.4 is 5.32 Å². The van der Waals surface area contributed by atoms with Gasteiger partial charge in [-0.2, -0.15) is 0 Å². The largest absolute Gasteiger partial charge is 0.468 e. The minimum Gasteiger partial charge on any atom is -0.468 e. The zero-order valence-electron chi connectivity index (χ0n) is 8.12. The van der Waals surface area contributed by atoms with E-state index in [9.17, 15) is 4.79 Å². The lowest BCUT2D eigenvalue weighted by atomic mass is 9.97. The number of halogens is 1. The summed E-state index contributed by atoms with van der Waals surface area (Å²) < 4.78 is 10.1. The van der Waals surface area contributed by atoms with Gasteiger partial charge in [0.25, 0.3) is 0 Å². The number of hydrogen-bond acceptors (Lipinski definition) is 4. The van der Waals surface area contributed by atoms with Crippen LogP contribution in [0.1, 0.15) is 13.8 Å². The van der Waals surface area contributed by atoms with Gasteiger partial charge in [0, 0.05) is 6.54 Å². The van der Waals surface area contributed by atoms with Crippen LogP contribution in [0.2, 0.25) is 0 Å². The lowest BCUT2D eigenvalue weighted by molar-refractivity contribution is -0.157. The number of esters is 1. The molecule has 0 amide bonds. The summed E-state index contributed by atoms with van der Waals surface area (Å²) in [5.74, 6) is -0.264. The number of ether oxygens (including phenoxy) is 2. The molecule has 0 aromatic carbocycles. The van der Waals surface area contributed by atoms with E-state index in [0.29, 0.717) is 13.2 Å². The summed E-state index contributed by atoms with van der Waals surface area (Å²) in [5.41, 5.74) is -0.467. The fourth-order valence-corrected chi connectivity index (χ4v) is 1.33. The molecule has 0 aromatic heterocycles. The lowest BCUT2D eigenvalue weighted by Crippen LogP contribution is -2.58. The van der Waals surface area contributed by atoms with Crippen LogP contribution in [0.4, 0.5) is 0 Å². The fraction of sp³-hybridized carbons (Fsp3) is 0.875. The standard InChI is InChI=1S/C8H15NO3.ClH/c1-8(2)6(7(10)11-3)9-4-5-12-8;/h6,9H,4-5H2,1-3H3;1H/t6-;/m0./s1. The smallest absolute Gasteiger partial charge is 0.325 e. The van der Waals surface area contributed by atoms with Crippen LogP contribution in [0.3, 0.4) is 0 Å². The number of hydrogen-bond donors (Lipinski definition) is 1. The second-order valence-electron chi connectivity index (χ2n) is 3.36. The van der Waals surface area contributed by atoms with Gasteiger partial charge in [0.2, 0.25) is 0 Å². The van der Waals surface area contributed by atoms with Gasteiger partial charge in [0.1, 0.15) is 6.04 Å². The average molecular weight is 210 g/mol. The third-order valence-corrected chi connectivity index (χ3v) is 2.06. The molecule has 1 fully saturated rings. The molecule has 4 nitrogen and oxygen atoms in total. The monoisotopic (exact) mass is 209 g/mol. The Balaban J connectivity index is 0.00000144. The van der Waals surface area contributed by atoms with Gasteiger partial charge in [-0.3, -0.25) is 10.1 Å². The number of methoxy groups -OCH3 is 1. The van der Waals surface area contributed by atoms with Crippen molar-refractivity contribution in [2.24, 2.45) is 0 Å². The first-order valence-electron chi connectivity index (χ1n) is 4.03. The molecular formula is C8H16ClNO3. The number of morpholine rings is 1. The molecule has 1 atom stereocenters. The van der Waals surface area contributed by atoms with Crippen LogP contribution in [0, 0.1) is 0 Å². The average Bonchev–Trinajstić information content (AvgIpc) is 2.02. The molecule has 0 unspecified atom stereocenters. The molecule has 1 aliphatic heterocycles. The van der Waals surface area contributed by atoms with Crippen LogP contribution in [-0.4, -0.2) is 37.9 Å². The first-order chi connectivity index (χ1) is 5.58. The van der Waals surface area contributed by atoms with E-state index in [4.69, 9.17) is 4.74 Å². The highest BCUT2D eigenvalue weighted by Crippen LogP contribution is 2.18. The zero-order chi connectivity index (χ0) is 9.19. The van der Waals surface area contributed by atoms with Gasteiger partial charge in [0.05, 0.1) is 19.3 Å². The Kier molecular flexibility index (Phi) is 4.67. The molecule has 1 N–H and O–H groups in total. The quantitative estimate of drug-likeness (QED) is 0.634. The second kappa shape index (κ2) is 4.79. The van der Waals surface area contributed by atoms with Crippen molar-refractivity contribution in [1.82, 2.24) is 5.32 Å². The van der Waals surface area contributed by atoms with Gasteiger partial charge >= 0.3 is 5.97 Å². The molecule has 0 aromatic rings. The van der Waals surface area contributed by atoms with Crippen molar-refractivity contribution >= 4 is 18.4 Å². The summed E-state index contributed by atoms with van der Waals surface area (Å²) in [6.07, 6.45) is 0. The number of rotatable bonds is 1. The van der Waals surface area contributed by atoms with E-state index in [-0.39, 0.29) is 24.4 Å². The maximum Gasteiger partial charge on any atom is 0.325 e.